The summed E-state index contributed by atoms with van der Waals surface area (Å²) >= 11 is 9.25. The van der Waals surface area contributed by atoms with E-state index in [9.17, 15) is 10.1 Å². The van der Waals surface area contributed by atoms with Gasteiger partial charge in [0.1, 0.15) is 0 Å². The van der Waals surface area contributed by atoms with Crippen LogP contribution in [0, 0.1) is 10.1 Å². The predicted molar refractivity (Wildman–Crippen MR) is 81.4 cm³/mol. The molecule has 0 aliphatic heterocycles. The minimum absolute atomic E-state index is 0. The van der Waals surface area contributed by atoms with Crippen molar-refractivity contribution < 1.29 is 32.6 Å². The van der Waals surface area contributed by atoms with E-state index >= 15 is 0 Å². The third kappa shape index (κ3) is 8.14. The Bertz CT molecular complexity index is 547. The van der Waals surface area contributed by atoms with E-state index in [0.29, 0.717) is 0 Å². The molecule has 7 heteroatoms. The molecular formula is C13H10HgN2O2S2. The SMILES string of the molecule is O=[N+]([O-])c1ccccc1.[Hg+2].[S-]C([S-])=Nc1ccccc1. The number of para-hydroxylation sites is 2. The fourth-order valence-electron chi connectivity index (χ4n) is 1.16. The van der Waals surface area contributed by atoms with Gasteiger partial charge < -0.3 is 30.2 Å². The zero-order chi connectivity index (χ0) is 14.1. The van der Waals surface area contributed by atoms with Gasteiger partial charge in [-0.15, -0.1) is 0 Å². The molecule has 0 atom stereocenters. The molecule has 2 aromatic carbocycles. The number of aliphatic imine (C=N–C) groups is 1. The molecule has 0 saturated heterocycles. The summed E-state index contributed by atoms with van der Waals surface area (Å²) in [5.74, 6) is 0. The van der Waals surface area contributed by atoms with Crippen LogP contribution in [0.25, 0.3) is 0 Å². The summed E-state index contributed by atoms with van der Waals surface area (Å²) in [5.41, 5.74) is 0.958. The molecule has 20 heavy (non-hydrogen) atoms. The summed E-state index contributed by atoms with van der Waals surface area (Å²) in [6.07, 6.45) is 0. The van der Waals surface area contributed by atoms with Gasteiger partial charge in [0, 0.05) is 12.1 Å². The van der Waals surface area contributed by atoms with Crippen LogP contribution in [0.15, 0.2) is 65.7 Å². The quantitative estimate of drug-likeness (QED) is 0.162. The molecule has 0 heterocycles. The van der Waals surface area contributed by atoms with Crippen LogP contribution in [-0.2, 0) is 52.9 Å². The number of hydrogen-bond acceptors (Lipinski definition) is 5. The first kappa shape index (κ1) is 18.9. The summed E-state index contributed by atoms with van der Waals surface area (Å²) in [4.78, 5) is 13.5. The summed E-state index contributed by atoms with van der Waals surface area (Å²) in [5, 5.41) is 10.0. The predicted octanol–water partition coefficient (Wildman–Crippen LogP) is 3.36. The Hall–Kier alpha value is -1.11. The molecule has 0 aliphatic carbocycles. The first-order valence-corrected chi connectivity index (χ1v) is 6.08. The van der Waals surface area contributed by atoms with E-state index in [-0.39, 0.29) is 37.7 Å². The van der Waals surface area contributed by atoms with Crippen molar-refractivity contribution in [1.29, 1.82) is 0 Å². The van der Waals surface area contributed by atoms with Crippen LogP contribution in [0.5, 0.6) is 0 Å². The Kier molecular flexibility index (Phi) is 10.1. The third-order valence-corrected chi connectivity index (χ3v) is 2.13. The van der Waals surface area contributed by atoms with E-state index < -0.39 is 4.92 Å². The molecule has 0 radical (unpaired) electrons. The number of nitrogens with zero attached hydrogens (tertiary/aromatic N) is 2. The monoisotopic (exact) mass is 492 g/mol. The van der Waals surface area contributed by atoms with Crippen molar-refractivity contribution in [3.8, 4) is 0 Å². The molecule has 4 nitrogen and oxygen atoms in total. The fourth-order valence-corrected chi connectivity index (χ4v) is 1.37. The normalized spacial score (nSPS) is 8.40. The van der Waals surface area contributed by atoms with Gasteiger partial charge in [0.25, 0.3) is 5.69 Å². The van der Waals surface area contributed by atoms with Gasteiger partial charge >= 0.3 is 27.7 Å². The van der Waals surface area contributed by atoms with E-state index in [0.717, 1.165) is 5.69 Å². The second-order valence-corrected chi connectivity index (χ2v) is 4.34. The zero-order valence-corrected chi connectivity index (χ0v) is 17.6. The molecule has 0 spiro atoms. The molecule has 2 aromatic rings. The maximum absolute atomic E-state index is 10.0. The van der Waals surface area contributed by atoms with E-state index in [4.69, 9.17) is 0 Å². The van der Waals surface area contributed by atoms with Crippen LogP contribution < -0.4 is 0 Å². The smallest absolute Gasteiger partial charge is 0.788 e. The number of nitro groups is 1. The maximum atomic E-state index is 10.0. The number of benzene rings is 2. The minimum Gasteiger partial charge on any atom is -0.788 e. The molecule has 0 amide bonds. The zero-order valence-electron chi connectivity index (χ0n) is 10.5. The van der Waals surface area contributed by atoms with Crippen LogP contribution in [0.3, 0.4) is 0 Å². The Morgan fingerprint density at radius 3 is 1.75 bits per heavy atom. The van der Waals surface area contributed by atoms with E-state index in [1.165, 1.54) is 12.1 Å². The van der Waals surface area contributed by atoms with Crippen LogP contribution in [0.1, 0.15) is 0 Å². The van der Waals surface area contributed by atoms with Crippen molar-refractivity contribution in [2.24, 2.45) is 4.99 Å². The molecule has 98 valence electrons. The van der Waals surface area contributed by atoms with Crippen LogP contribution in [0.4, 0.5) is 11.4 Å². The van der Waals surface area contributed by atoms with Crippen molar-refractivity contribution in [1.82, 2.24) is 0 Å². The largest absolute Gasteiger partial charge is 2.00 e. The van der Waals surface area contributed by atoms with Gasteiger partial charge in [0.05, 0.1) is 10.6 Å². The summed E-state index contributed by atoms with van der Waals surface area (Å²) in [6.45, 7) is 0. The first-order valence-electron chi connectivity index (χ1n) is 5.27. The summed E-state index contributed by atoms with van der Waals surface area (Å²) in [6, 6.07) is 17.4. The number of nitro benzene ring substituents is 1. The van der Waals surface area contributed by atoms with Crippen molar-refractivity contribution >= 4 is 41.0 Å². The Morgan fingerprint density at radius 1 is 0.950 bits per heavy atom. The maximum Gasteiger partial charge on any atom is 2.00 e. The van der Waals surface area contributed by atoms with Crippen LogP contribution in [-0.4, -0.2) is 9.30 Å². The molecule has 0 saturated carbocycles. The van der Waals surface area contributed by atoms with Crippen molar-refractivity contribution in [3.05, 3.63) is 70.8 Å². The van der Waals surface area contributed by atoms with E-state index in [2.05, 4.69) is 30.2 Å². The molecule has 0 unspecified atom stereocenters. The first-order chi connectivity index (χ1) is 9.09. The van der Waals surface area contributed by atoms with Gasteiger partial charge in [0.2, 0.25) is 0 Å². The Morgan fingerprint density at radius 2 is 1.40 bits per heavy atom. The second-order valence-electron chi connectivity index (χ2n) is 3.31. The minimum atomic E-state index is -0.417. The van der Waals surface area contributed by atoms with Gasteiger partial charge in [-0.3, -0.25) is 10.1 Å². The van der Waals surface area contributed by atoms with Crippen molar-refractivity contribution in [2.75, 3.05) is 0 Å². The topological polar surface area (TPSA) is 55.5 Å². The van der Waals surface area contributed by atoms with Gasteiger partial charge in [-0.1, -0.05) is 36.4 Å². The molecule has 0 aliphatic rings. The van der Waals surface area contributed by atoms with Gasteiger partial charge in [0.15, 0.2) is 0 Å². The van der Waals surface area contributed by atoms with Gasteiger partial charge in [-0.2, -0.15) is 0 Å². The molecule has 0 N–H and O–H groups in total. The van der Waals surface area contributed by atoms with Crippen molar-refractivity contribution in [2.45, 2.75) is 0 Å². The van der Waals surface area contributed by atoms with Gasteiger partial charge in [-0.05, 0) is 12.1 Å². The molecule has 0 aromatic heterocycles. The summed E-state index contributed by atoms with van der Waals surface area (Å²) < 4.78 is 0.256. The summed E-state index contributed by atoms with van der Waals surface area (Å²) in [7, 11) is 0. The standard InChI is InChI=1S/C7H7NS2.C6H5NO2.Hg/c9-7(10)8-6-4-2-1-3-5-6;8-7(9)6-4-2-1-3-5-6;/h1-5H,(H2,8,9,10);1-5H;/q;;+2/p-2. The Labute approximate surface area is 148 Å². The second kappa shape index (κ2) is 10.6. The van der Waals surface area contributed by atoms with Crippen molar-refractivity contribution in [3.63, 3.8) is 0 Å². The van der Waals surface area contributed by atoms with Crippen LogP contribution in [0.2, 0.25) is 0 Å². The molecule has 0 bridgehead atoms. The average Bonchev–Trinajstić information content (AvgIpc) is 2.41. The number of rotatable bonds is 2. The average molecular weight is 491 g/mol. The Balaban J connectivity index is 0.000000345. The molecule has 2 rings (SSSR count). The van der Waals surface area contributed by atoms with E-state index in [1.54, 1.807) is 18.2 Å². The van der Waals surface area contributed by atoms with Gasteiger partial charge in [-0.25, -0.2) is 4.38 Å². The third-order valence-electron chi connectivity index (χ3n) is 1.94. The molecule has 0 fully saturated rings. The van der Waals surface area contributed by atoms with Crippen LogP contribution >= 0.6 is 0 Å². The number of non-ortho nitro benzene ring substituents is 1. The fraction of sp³-hybridized carbons (Fsp3) is 0. The molecular weight excluding hydrogens is 481 g/mol. The number of hydrogen-bond donors (Lipinski definition) is 0. The van der Waals surface area contributed by atoms with E-state index in [1.807, 2.05) is 30.3 Å².